The molecule has 4 nitrogen and oxygen atoms in total. The molecule has 0 saturated carbocycles. The van der Waals surface area contributed by atoms with E-state index >= 15 is 0 Å². The van der Waals surface area contributed by atoms with Gasteiger partial charge in [0.25, 0.3) is 0 Å². The molecule has 0 radical (unpaired) electrons. The van der Waals surface area contributed by atoms with Crippen LogP contribution in [0.25, 0.3) is 0 Å². The van der Waals surface area contributed by atoms with Crippen molar-refractivity contribution in [2.75, 3.05) is 0 Å². The van der Waals surface area contributed by atoms with E-state index in [1.54, 1.807) is 0 Å². The monoisotopic (exact) mass is 554 g/mol. The zero-order chi connectivity index (χ0) is 20.9. The van der Waals surface area contributed by atoms with E-state index in [-0.39, 0.29) is 17.4 Å². The molecule has 0 aromatic heterocycles. The predicted molar refractivity (Wildman–Crippen MR) is 123 cm³/mol. The molecule has 0 spiro atoms. The molecule has 28 heavy (non-hydrogen) atoms. The fraction of sp³-hybridized carbons (Fsp3) is 0.600. The lowest BCUT2D eigenvalue weighted by molar-refractivity contribution is 0.605. The van der Waals surface area contributed by atoms with Crippen molar-refractivity contribution < 1.29 is 16.8 Å². The first kappa shape index (κ1) is 24.1. The first-order chi connectivity index (χ1) is 13.2. The molecule has 0 N–H and O–H groups in total. The van der Waals surface area contributed by atoms with Gasteiger partial charge in [-0.1, -0.05) is 52.4 Å². The van der Waals surface area contributed by atoms with Gasteiger partial charge in [-0.3, -0.25) is 0 Å². The van der Waals surface area contributed by atoms with Crippen molar-refractivity contribution in [1.29, 1.82) is 0 Å². The summed E-state index contributed by atoms with van der Waals surface area (Å²) in [6, 6.07) is 0. The summed E-state index contributed by atoms with van der Waals surface area (Å²) in [7, 11) is -7.65. The van der Waals surface area contributed by atoms with Crippen molar-refractivity contribution in [3.63, 3.8) is 0 Å². The Morgan fingerprint density at radius 3 is 1.32 bits per heavy atom. The molecule has 0 fully saturated rings. The normalized spacial score (nSPS) is 20.7. The van der Waals surface area contributed by atoms with E-state index in [9.17, 15) is 16.8 Å². The highest BCUT2D eigenvalue weighted by Gasteiger charge is 2.41. The van der Waals surface area contributed by atoms with E-state index < -0.39 is 19.7 Å². The minimum Gasteiger partial charge on any atom is -0.218 e. The average molecular weight is 556 g/mol. The Balaban J connectivity index is 2.26. The Morgan fingerprint density at radius 2 is 1.00 bits per heavy atom. The van der Waals surface area contributed by atoms with Crippen LogP contribution in [0.5, 0.6) is 0 Å². The van der Waals surface area contributed by atoms with Gasteiger partial charge in [-0.05, 0) is 80.8 Å². The SMILES string of the molecule is CCCCCCC1=C(Br)S(=O)(=O)C(C2=CC(CCCCCC)=C(Br)S2(=O)=O)=C1. The lowest BCUT2D eigenvalue weighted by Crippen LogP contribution is -2.08. The van der Waals surface area contributed by atoms with Crippen molar-refractivity contribution in [1.82, 2.24) is 0 Å². The third kappa shape index (κ3) is 5.10. The lowest BCUT2D eigenvalue weighted by atomic mass is 10.1. The molecule has 2 rings (SSSR count). The summed E-state index contributed by atoms with van der Waals surface area (Å²) < 4.78 is 51.7. The van der Waals surface area contributed by atoms with Crippen LogP contribution in [0.4, 0.5) is 0 Å². The molecule has 0 amide bonds. The zero-order valence-corrected chi connectivity index (χ0v) is 21.2. The molecule has 0 aliphatic carbocycles. The maximum atomic E-state index is 12.9. The highest BCUT2D eigenvalue weighted by molar-refractivity contribution is 9.14. The lowest BCUT2D eigenvalue weighted by Gasteiger charge is -2.05. The van der Waals surface area contributed by atoms with Crippen molar-refractivity contribution in [3.05, 3.63) is 40.7 Å². The van der Waals surface area contributed by atoms with E-state index in [0.717, 1.165) is 51.4 Å². The van der Waals surface area contributed by atoms with E-state index in [1.807, 2.05) is 0 Å². The second-order valence-electron chi connectivity index (χ2n) is 7.24. The number of hydrogen-bond donors (Lipinski definition) is 0. The summed E-state index contributed by atoms with van der Waals surface area (Å²) in [5.41, 5.74) is 1.32. The maximum Gasteiger partial charge on any atom is 0.214 e. The largest absolute Gasteiger partial charge is 0.218 e. The second kappa shape index (κ2) is 10.2. The van der Waals surface area contributed by atoms with E-state index in [1.165, 1.54) is 12.2 Å². The van der Waals surface area contributed by atoms with Gasteiger partial charge < -0.3 is 0 Å². The highest BCUT2D eigenvalue weighted by Crippen LogP contribution is 2.46. The molecule has 0 bridgehead atoms. The molecule has 2 aliphatic heterocycles. The molecule has 8 heteroatoms. The molecule has 2 heterocycles. The predicted octanol–water partition coefficient (Wildman–Crippen LogP) is 6.76. The fourth-order valence-electron chi connectivity index (χ4n) is 3.36. The standard InChI is InChI=1S/C20H28Br2O4S2/c1-3-5-7-9-11-15-13-17(27(23,24)19(15)21)18-14-16(12-10-8-6-4-2)20(22)28(18,25)26/h13-14H,3-12H2,1-2H3. The molecule has 0 aromatic rings. The fourth-order valence-corrected chi connectivity index (χ4v) is 8.33. The van der Waals surface area contributed by atoms with E-state index in [0.29, 0.717) is 24.0 Å². The van der Waals surface area contributed by atoms with Crippen LogP contribution in [0, 0.1) is 0 Å². The molecular weight excluding hydrogens is 528 g/mol. The minimum atomic E-state index is -3.83. The second-order valence-corrected chi connectivity index (χ2v) is 13.6. The first-order valence-corrected chi connectivity index (χ1v) is 14.4. The van der Waals surface area contributed by atoms with Gasteiger partial charge in [-0.25, -0.2) is 16.8 Å². The average Bonchev–Trinajstić information content (AvgIpc) is 3.00. The summed E-state index contributed by atoms with van der Waals surface area (Å²) in [6.07, 6.45) is 12.5. The van der Waals surface area contributed by atoms with Gasteiger partial charge in [-0.2, -0.15) is 0 Å². The van der Waals surface area contributed by atoms with Crippen LogP contribution in [-0.2, 0) is 19.7 Å². The molecular formula is C20H28Br2O4S2. The van der Waals surface area contributed by atoms with Crippen LogP contribution in [-0.4, -0.2) is 16.8 Å². The number of sulfone groups is 2. The molecule has 0 unspecified atom stereocenters. The van der Waals surface area contributed by atoms with Gasteiger partial charge >= 0.3 is 0 Å². The minimum absolute atomic E-state index is 0.106. The quantitative estimate of drug-likeness (QED) is 0.264. The maximum absolute atomic E-state index is 12.9. The van der Waals surface area contributed by atoms with Crippen molar-refractivity contribution in [2.24, 2.45) is 0 Å². The van der Waals surface area contributed by atoms with Gasteiger partial charge in [0.2, 0.25) is 19.7 Å². The zero-order valence-electron chi connectivity index (χ0n) is 16.4. The van der Waals surface area contributed by atoms with Gasteiger partial charge in [0, 0.05) is 0 Å². The Hall–Kier alpha value is -0.180. The van der Waals surface area contributed by atoms with Crippen molar-refractivity contribution in [2.45, 2.75) is 78.1 Å². The summed E-state index contributed by atoms with van der Waals surface area (Å²) >= 11 is 6.40. The van der Waals surface area contributed by atoms with Crippen LogP contribution in [0.3, 0.4) is 0 Å². The smallest absolute Gasteiger partial charge is 0.214 e. The van der Waals surface area contributed by atoms with Crippen LogP contribution in [0.15, 0.2) is 40.7 Å². The number of hydrogen-bond acceptors (Lipinski definition) is 4. The van der Waals surface area contributed by atoms with Crippen LogP contribution < -0.4 is 0 Å². The first-order valence-electron chi connectivity index (χ1n) is 9.89. The van der Waals surface area contributed by atoms with Crippen LogP contribution in [0.1, 0.15) is 78.1 Å². The van der Waals surface area contributed by atoms with E-state index in [2.05, 4.69) is 45.7 Å². The Labute approximate surface area is 186 Å². The molecule has 0 aromatic carbocycles. The summed E-state index contributed by atoms with van der Waals surface area (Å²) in [4.78, 5) is -0.212. The topological polar surface area (TPSA) is 68.3 Å². The summed E-state index contributed by atoms with van der Waals surface area (Å²) in [5.74, 6) is 0. The summed E-state index contributed by atoms with van der Waals surface area (Å²) in [5, 5.41) is 0. The van der Waals surface area contributed by atoms with Crippen molar-refractivity contribution >= 4 is 51.5 Å². The Kier molecular flexibility index (Phi) is 8.80. The highest BCUT2D eigenvalue weighted by atomic mass is 79.9. The summed E-state index contributed by atoms with van der Waals surface area (Å²) in [6.45, 7) is 4.24. The van der Waals surface area contributed by atoms with Gasteiger partial charge in [-0.15, -0.1) is 0 Å². The third-order valence-electron chi connectivity index (χ3n) is 5.01. The molecule has 2 aliphatic rings. The van der Waals surface area contributed by atoms with E-state index in [4.69, 9.17) is 0 Å². The molecule has 0 saturated heterocycles. The Morgan fingerprint density at radius 1 is 0.643 bits per heavy atom. The Bertz CT molecular complexity index is 859. The van der Waals surface area contributed by atoms with Gasteiger partial charge in [0.15, 0.2) is 0 Å². The molecule has 0 atom stereocenters. The number of rotatable bonds is 11. The van der Waals surface area contributed by atoms with Gasteiger partial charge in [0.1, 0.15) is 7.63 Å². The van der Waals surface area contributed by atoms with Gasteiger partial charge in [0.05, 0.1) is 9.81 Å². The number of unbranched alkanes of at least 4 members (excludes halogenated alkanes) is 6. The number of allylic oxidation sites excluding steroid dienone is 4. The third-order valence-corrected chi connectivity index (χ3v) is 12.0. The van der Waals surface area contributed by atoms with Crippen LogP contribution >= 0.6 is 31.9 Å². The molecule has 158 valence electrons. The van der Waals surface area contributed by atoms with Crippen molar-refractivity contribution in [3.8, 4) is 0 Å². The number of halogens is 2. The van der Waals surface area contributed by atoms with Crippen LogP contribution in [0.2, 0.25) is 0 Å².